The molecule has 1 heterocycles. The average molecular weight is 237 g/mol. The summed E-state index contributed by atoms with van der Waals surface area (Å²) < 4.78 is 0. The van der Waals surface area contributed by atoms with Gasteiger partial charge >= 0.3 is 0 Å². The molecule has 3 heteroatoms. The zero-order chi connectivity index (χ0) is 11.4. The maximum atomic E-state index is 9.40. The molecule has 1 aromatic rings. The Balaban J connectivity index is 1.70. The summed E-state index contributed by atoms with van der Waals surface area (Å²) in [6.45, 7) is 5.10. The van der Waals surface area contributed by atoms with E-state index in [-0.39, 0.29) is 6.10 Å². The summed E-state index contributed by atoms with van der Waals surface area (Å²) in [5, 5.41) is 9.40. The first-order valence-corrected chi connectivity index (χ1v) is 6.82. The lowest BCUT2D eigenvalue weighted by atomic mass is 10.2. The second-order valence-corrected chi connectivity index (χ2v) is 5.57. The third kappa shape index (κ3) is 3.51. The number of β-amino-alcohol motifs (C(OH)–C–C–N with tert-alkyl or cyclic N) is 1. The Morgan fingerprint density at radius 3 is 2.75 bits per heavy atom. The van der Waals surface area contributed by atoms with Crippen molar-refractivity contribution in [2.24, 2.45) is 0 Å². The van der Waals surface area contributed by atoms with Crippen LogP contribution in [-0.4, -0.2) is 41.5 Å². The normalized spacial score (nSPS) is 21.5. The molecular formula is C13H19NOS. The van der Waals surface area contributed by atoms with Gasteiger partial charge in [0.05, 0.1) is 6.10 Å². The number of aliphatic hydroxyl groups is 1. The Kier molecular flexibility index (Phi) is 4.27. The van der Waals surface area contributed by atoms with Crippen LogP contribution in [0.2, 0.25) is 0 Å². The summed E-state index contributed by atoms with van der Waals surface area (Å²) in [5.41, 5.74) is 1.31. The fraction of sp³-hybridized carbons (Fsp3) is 0.538. The van der Waals surface area contributed by atoms with Crippen LogP contribution in [0.25, 0.3) is 0 Å². The summed E-state index contributed by atoms with van der Waals surface area (Å²) in [7, 11) is 0. The lowest BCUT2D eigenvalue weighted by Gasteiger charge is -2.14. The van der Waals surface area contributed by atoms with Crippen LogP contribution in [0.15, 0.2) is 29.2 Å². The standard InChI is InChI=1S/C13H19NOS/c1-11-2-4-13(5-3-11)16-9-8-14-7-6-12(15)10-14/h2-5,12,15H,6-10H2,1H3. The molecule has 1 N–H and O–H groups in total. The van der Waals surface area contributed by atoms with Crippen molar-refractivity contribution >= 4 is 11.8 Å². The molecule has 1 unspecified atom stereocenters. The van der Waals surface area contributed by atoms with Gasteiger partial charge in [-0.05, 0) is 25.5 Å². The Morgan fingerprint density at radius 1 is 1.38 bits per heavy atom. The first kappa shape index (κ1) is 12.0. The zero-order valence-electron chi connectivity index (χ0n) is 9.72. The Hall–Kier alpha value is -0.510. The first-order chi connectivity index (χ1) is 7.74. The van der Waals surface area contributed by atoms with E-state index in [1.807, 2.05) is 11.8 Å². The molecule has 16 heavy (non-hydrogen) atoms. The van der Waals surface area contributed by atoms with E-state index in [4.69, 9.17) is 0 Å². The van der Waals surface area contributed by atoms with E-state index >= 15 is 0 Å². The van der Waals surface area contributed by atoms with Crippen molar-refractivity contribution in [3.05, 3.63) is 29.8 Å². The van der Waals surface area contributed by atoms with E-state index in [9.17, 15) is 5.11 Å². The maximum absolute atomic E-state index is 9.40. The summed E-state index contributed by atoms with van der Waals surface area (Å²) in [6.07, 6.45) is 0.847. The van der Waals surface area contributed by atoms with Gasteiger partial charge in [-0.1, -0.05) is 17.7 Å². The van der Waals surface area contributed by atoms with Crippen molar-refractivity contribution in [1.82, 2.24) is 4.90 Å². The highest BCUT2D eigenvalue weighted by Crippen LogP contribution is 2.19. The van der Waals surface area contributed by atoms with E-state index in [1.165, 1.54) is 10.5 Å². The van der Waals surface area contributed by atoms with Crippen molar-refractivity contribution in [3.8, 4) is 0 Å². The molecule has 0 amide bonds. The van der Waals surface area contributed by atoms with Crippen LogP contribution in [0.5, 0.6) is 0 Å². The van der Waals surface area contributed by atoms with Gasteiger partial charge < -0.3 is 5.11 Å². The fourth-order valence-corrected chi connectivity index (χ4v) is 2.86. The summed E-state index contributed by atoms with van der Waals surface area (Å²) in [4.78, 5) is 3.68. The number of hydrogen-bond acceptors (Lipinski definition) is 3. The van der Waals surface area contributed by atoms with Gasteiger partial charge in [0.25, 0.3) is 0 Å². The van der Waals surface area contributed by atoms with Crippen LogP contribution < -0.4 is 0 Å². The highest BCUT2D eigenvalue weighted by Gasteiger charge is 2.19. The Labute approximate surface area is 102 Å². The molecule has 88 valence electrons. The molecule has 2 nitrogen and oxygen atoms in total. The summed E-state index contributed by atoms with van der Waals surface area (Å²) >= 11 is 1.89. The van der Waals surface area contributed by atoms with Gasteiger partial charge in [0.1, 0.15) is 0 Å². The topological polar surface area (TPSA) is 23.5 Å². The number of hydrogen-bond donors (Lipinski definition) is 1. The van der Waals surface area contributed by atoms with Crippen molar-refractivity contribution in [2.75, 3.05) is 25.4 Å². The van der Waals surface area contributed by atoms with Crippen LogP contribution in [0.1, 0.15) is 12.0 Å². The van der Waals surface area contributed by atoms with Gasteiger partial charge in [0, 0.05) is 30.3 Å². The molecule has 1 aliphatic heterocycles. The molecule has 0 aromatic heterocycles. The minimum Gasteiger partial charge on any atom is -0.392 e. The van der Waals surface area contributed by atoms with E-state index in [1.54, 1.807) is 0 Å². The quantitative estimate of drug-likeness (QED) is 0.812. The third-order valence-electron chi connectivity index (χ3n) is 2.94. The molecule has 1 saturated heterocycles. The minimum absolute atomic E-state index is 0.0932. The van der Waals surface area contributed by atoms with Gasteiger partial charge in [-0.2, -0.15) is 0 Å². The molecule has 0 bridgehead atoms. The number of thioether (sulfide) groups is 1. The van der Waals surface area contributed by atoms with E-state index in [0.717, 1.165) is 31.8 Å². The van der Waals surface area contributed by atoms with Crippen molar-refractivity contribution in [1.29, 1.82) is 0 Å². The number of aryl methyl sites for hydroxylation is 1. The number of benzene rings is 1. The van der Waals surface area contributed by atoms with Crippen LogP contribution in [0, 0.1) is 6.92 Å². The van der Waals surface area contributed by atoms with E-state index in [2.05, 4.69) is 36.1 Å². The van der Waals surface area contributed by atoms with Gasteiger partial charge in [0.2, 0.25) is 0 Å². The first-order valence-electron chi connectivity index (χ1n) is 5.84. The predicted octanol–water partition coefficient (Wildman–Crippen LogP) is 2.15. The summed E-state index contributed by atoms with van der Waals surface area (Å²) in [5.74, 6) is 1.11. The third-order valence-corrected chi connectivity index (χ3v) is 3.94. The number of rotatable bonds is 4. The number of likely N-dealkylation sites (tertiary alicyclic amines) is 1. The second-order valence-electron chi connectivity index (χ2n) is 4.40. The molecule has 1 aliphatic rings. The molecule has 1 atom stereocenters. The van der Waals surface area contributed by atoms with E-state index < -0.39 is 0 Å². The molecule has 0 aliphatic carbocycles. The van der Waals surface area contributed by atoms with Crippen LogP contribution in [-0.2, 0) is 0 Å². The molecule has 2 rings (SSSR count). The van der Waals surface area contributed by atoms with Crippen LogP contribution >= 0.6 is 11.8 Å². The molecule has 0 saturated carbocycles. The summed E-state index contributed by atoms with van der Waals surface area (Å²) in [6, 6.07) is 8.67. The van der Waals surface area contributed by atoms with Crippen molar-refractivity contribution in [3.63, 3.8) is 0 Å². The maximum Gasteiger partial charge on any atom is 0.0679 e. The smallest absolute Gasteiger partial charge is 0.0679 e. The predicted molar refractivity (Wildman–Crippen MR) is 69.0 cm³/mol. The Bertz CT molecular complexity index is 325. The lowest BCUT2D eigenvalue weighted by Crippen LogP contribution is -2.24. The zero-order valence-corrected chi connectivity index (χ0v) is 10.5. The van der Waals surface area contributed by atoms with Gasteiger partial charge in [-0.3, -0.25) is 4.90 Å². The molecule has 0 radical (unpaired) electrons. The van der Waals surface area contributed by atoms with Crippen molar-refractivity contribution < 1.29 is 5.11 Å². The monoisotopic (exact) mass is 237 g/mol. The van der Waals surface area contributed by atoms with Crippen LogP contribution in [0.4, 0.5) is 0 Å². The molecular weight excluding hydrogens is 218 g/mol. The average Bonchev–Trinajstić information content (AvgIpc) is 2.67. The molecule has 1 fully saturated rings. The minimum atomic E-state index is -0.0932. The SMILES string of the molecule is Cc1ccc(SCCN2CCC(O)C2)cc1. The lowest BCUT2D eigenvalue weighted by molar-refractivity contribution is 0.178. The molecule has 0 spiro atoms. The number of aliphatic hydroxyl groups excluding tert-OH is 1. The Morgan fingerprint density at radius 2 is 2.12 bits per heavy atom. The van der Waals surface area contributed by atoms with E-state index in [0.29, 0.717) is 0 Å². The number of nitrogens with zero attached hydrogens (tertiary/aromatic N) is 1. The largest absolute Gasteiger partial charge is 0.392 e. The second kappa shape index (κ2) is 5.71. The van der Waals surface area contributed by atoms with Gasteiger partial charge in [-0.15, -0.1) is 11.8 Å². The fourth-order valence-electron chi connectivity index (χ4n) is 1.94. The van der Waals surface area contributed by atoms with Gasteiger partial charge in [0.15, 0.2) is 0 Å². The highest BCUT2D eigenvalue weighted by atomic mass is 32.2. The van der Waals surface area contributed by atoms with Gasteiger partial charge in [-0.25, -0.2) is 0 Å². The van der Waals surface area contributed by atoms with Crippen molar-refractivity contribution in [2.45, 2.75) is 24.3 Å². The molecule has 1 aromatic carbocycles. The highest BCUT2D eigenvalue weighted by molar-refractivity contribution is 7.99. The van der Waals surface area contributed by atoms with Crippen LogP contribution in [0.3, 0.4) is 0 Å².